The molecule has 0 saturated carbocycles. The summed E-state index contributed by atoms with van der Waals surface area (Å²) in [6.07, 6.45) is 2.41. The van der Waals surface area contributed by atoms with Crippen LogP contribution in [0.15, 0.2) is 18.2 Å². The molecule has 0 aliphatic heterocycles. The highest BCUT2D eigenvalue weighted by Crippen LogP contribution is 2.21. The Morgan fingerprint density at radius 1 is 1.38 bits per heavy atom. The third-order valence-electron chi connectivity index (χ3n) is 3.79. The van der Waals surface area contributed by atoms with E-state index >= 15 is 0 Å². The maximum absolute atomic E-state index is 13.8. The second kappa shape index (κ2) is 8.35. The lowest BCUT2D eigenvalue weighted by Crippen LogP contribution is -2.51. The van der Waals surface area contributed by atoms with Crippen LogP contribution in [-0.4, -0.2) is 29.9 Å². The summed E-state index contributed by atoms with van der Waals surface area (Å²) in [6, 6.07) is 5.47. The van der Waals surface area contributed by atoms with Crippen LogP contribution in [0.1, 0.15) is 45.6 Å². The minimum atomic E-state index is -0.290. The van der Waals surface area contributed by atoms with Gasteiger partial charge in [-0.3, -0.25) is 0 Å². The fraction of sp³-hybridized carbons (Fsp3) is 0.647. The van der Waals surface area contributed by atoms with Crippen molar-refractivity contribution >= 4 is 0 Å². The Hall–Kier alpha value is -1.13. The molecule has 1 rings (SSSR count). The van der Waals surface area contributed by atoms with Gasteiger partial charge in [-0.25, -0.2) is 4.39 Å². The Bertz CT molecular complexity index is 431. The second-order valence-electron chi connectivity index (χ2n) is 5.93. The van der Waals surface area contributed by atoms with Crippen molar-refractivity contribution in [2.45, 2.75) is 58.5 Å². The molecule has 2 N–H and O–H groups in total. The van der Waals surface area contributed by atoms with E-state index in [1.807, 2.05) is 0 Å². The van der Waals surface area contributed by atoms with Gasteiger partial charge in [-0.2, -0.15) is 0 Å². The summed E-state index contributed by atoms with van der Waals surface area (Å²) in [5.41, 5.74) is 0.315. The van der Waals surface area contributed by atoms with Crippen LogP contribution in [0.5, 0.6) is 5.75 Å². The SMILES string of the molecule is CCC(CO)(CCCOc1cccc(C)c1F)NC(C)C. The monoisotopic (exact) mass is 297 g/mol. The second-order valence-corrected chi connectivity index (χ2v) is 5.93. The third-order valence-corrected chi connectivity index (χ3v) is 3.79. The molecule has 0 radical (unpaired) electrons. The Kier molecular flexibility index (Phi) is 7.12. The predicted octanol–water partition coefficient (Wildman–Crippen LogP) is 3.43. The number of nitrogens with one attached hydrogen (secondary N) is 1. The first-order valence-electron chi connectivity index (χ1n) is 7.70. The van der Waals surface area contributed by atoms with E-state index in [9.17, 15) is 9.50 Å². The molecular weight excluding hydrogens is 269 g/mol. The number of aliphatic hydroxyl groups excluding tert-OH is 1. The van der Waals surface area contributed by atoms with Crippen LogP contribution in [0.2, 0.25) is 0 Å². The van der Waals surface area contributed by atoms with Crippen molar-refractivity contribution in [3.63, 3.8) is 0 Å². The highest BCUT2D eigenvalue weighted by molar-refractivity contribution is 5.29. The summed E-state index contributed by atoms with van der Waals surface area (Å²) in [5.74, 6) is 0.0136. The van der Waals surface area contributed by atoms with Crippen LogP contribution in [0, 0.1) is 12.7 Å². The van der Waals surface area contributed by atoms with Crippen LogP contribution in [0.3, 0.4) is 0 Å². The van der Waals surface area contributed by atoms with Gasteiger partial charge in [-0.1, -0.05) is 32.9 Å². The number of ether oxygens (including phenoxy) is 1. The van der Waals surface area contributed by atoms with E-state index in [2.05, 4.69) is 26.1 Å². The van der Waals surface area contributed by atoms with Crippen LogP contribution in [0.4, 0.5) is 4.39 Å². The van der Waals surface area contributed by atoms with E-state index in [1.165, 1.54) is 0 Å². The summed E-state index contributed by atoms with van der Waals surface area (Å²) in [7, 11) is 0. The summed E-state index contributed by atoms with van der Waals surface area (Å²) in [5, 5.41) is 13.1. The quantitative estimate of drug-likeness (QED) is 0.686. The Morgan fingerprint density at radius 2 is 2.10 bits per heavy atom. The zero-order valence-electron chi connectivity index (χ0n) is 13.6. The molecule has 0 bridgehead atoms. The van der Waals surface area contributed by atoms with E-state index in [-0.39, 0.29) is 18.0 Å². The summed E-state index contributed by atoms with van der Waals surface area (Å²) in [6.45, 7) is 8.47. The van der Waals surface area contributed by atoms with Crippen molar-refractivity contribution in [3.05, 3.63) is 29.6 Å². The number of rotatable bonds is 9. The minimum absolute atomic E-state index is 0.0977. The molecule has 1 aromatic rings. The molecule has 0 saturated heterocycles. The van der Waals surface area contributed by atoms with Crippen LogP contribution < -0.4 is 10.1 Å². The zero-order valence-corrected chi connectivity index (χ0v) is 13.6. The van der Waals surface area contributed by atoms with Gasteiger partial charge in [0.25, 0.3) is 0 Å². The first-order valence-corrected chi connectivity index (χ1v) is 7.70. The summed E-state index contributed by atoms with van der Waals surface area (Å²) in [4.78, 5) is 0. The van der Waals surface area contributed by atoms with Gasteiger partial charge in [-0.05, 0) is 37.8 Å². The molecule has 120 valence electrons. The average molecular weight is 297 g/mol. The molecule has 0 fully saturated rings. The summed E-state index contributed by atoms with van der Waals surface area (Å²) < 4.78 is 19.3. The van der Waals surface area contributed by atoms with E-state index in [1.54, 1.807) is 25.1 Å². The molecule has 0 heterocycles. The molecular formula is C17H28FNO2. The van der Waals surface area contributed by atoms with Gasteiger partial charge < -0.3 is 15.2 Å². The maximum Gasteiger partial charge on any atom is 0.167 e. The van der Waals surface area contributed by atoms with Crippen molar-refractivity contribution in [1.29, 1.82) is 0 Å². The van der Waals surface area contributed by atoms with Crippen molar-refractivity contribution < 1.29 is 14.2 Å². The number of halogens is 1. The van der Waals surface area contributed by atoms with Gasteiger partial charge in [0.05, 0.1) is 13.2 Å². The normalized spacial score (nSPS) is 14.2. The van der Waals surface area contributed by atoms with Gasteiger partial charge in [0.15, 0.2) is 11.6 Å². The number of hydrogen-bond acceptors (Lipinski definition) is 3. The molecule has 1 aromatic carbocycles. The van der Waals surface area contributed by atoms with Gasteiger partial charge in [0, 0.05) is 11.6 Å². The molecule has 0 amide bonds. The lowest BCUT2D eigenvalue weighted by Gasteiger charge is -2.34. The Morgan fingerprint density at radius 3 is 2.67 bits per heavy atom. The molecule has 1 atom stereocenters. The zero-order chi connectivity index (χ0) is 15.9. The minimum Gasteiger partial charge on any atom is -0.491 e. The fourth-order valence-corrected chi connectivity index (χ4v) is 2.52. The molecule has 0 aromatic heterocycles. The van der Waals surface area contributed by atoms with Gasteiger partial charge >= 0.3 is 0 Å². The Balaban J connectivity index is 2.49. The molecule has 0 aliphatic carbocycles. The van der Waals surface area contributed by atoms with Gasteiger partial charge in [-0.15, -0.1) is 0 Å². The molecule has 4 heteroatoms. The standard InChI is InChI=1S/C17H28FNO2/c1-5-17(12-20,19-13(2)3)10-7-11-21-15-9-6-8-14(4)16(15)18/h6,8-9,13,19-20H,5,7,10-12H2,1-4H3. The summed E-state index contributed by atoms with van der Waals surface area (Å²) >= 11 is 0. The van der Waals surface area contributed by atoms with Gasteiger partial charge in [0.2, 0.25) is 0 Å². The highest BCUT2D eigenvalue weighted by atomic mass is 19.1. The first kappa shape index (κ1) is 17.9. The van der Waals surface area contributed by atoms with Crippen LogP contribution in [0.25, 0.3) is 0 Å². The highest BCUT2D eigenvalue weighted by Gasteiger charge is 2.27. The number of hydrogen-bond donors (Lipinski definition) is 2. The lowest BCUT2D eigenvalue weighted by atomic mass is 9.90. The Labute approximate surface area is 127 Å². The molecule has 0 aliphatic rings. The molecule has 0 spiro atoms. The molecule has 3 nitrogen and oxygen atoms in total. The lowest BCUT2D eigenvalue weighted by molar-refractivity contribution is 0.129. The van der Waals surface area contributed by atoms with Crippen molar-refractivity contribution in [3.8, 4) is 5.75 Å². The van der Waals surface area contributed by atoms with Gasteiger partial charge in [0.1, 0.15) is 0 Å². The topological polar surface area (TPSA) is 41.5 Å². The number of aryl methyl sites for hydroxylation is 1. The average Bonchev–Trinajstić information content (AvgIpc) is 2.46. The van der Waals surface area contributed by atoms with E-state index in [0.717, 1.165) is 19.3 Å². The maximum atomic E-state index is 13.8. The van der Waals surface area contributed by atoms with Crippen molar-refractivity contribution in [1.82, 2.24) is 5.32 Å². The fourth-order valence-electron chi connectivity index (χ4n) is 2.52. The van der Waals surface area contributed by atoms with Crippen LogP contribution in [-0.2, 0) is 0 Å². The smallest absolute Gasteiger partial charge is 0.167 e. The van der Waals surface area contributed by atoms with Crippen molar-refractivity contribution in [2.75, 3.05) is 13.2 Å². The third kappa shape index (κ3) is 5.29. The van der Waals surface area contributed by atoms with E-state index in [4.69, 9.17) is 4.74 Å². The number of benzene rings is 1. The van der Waals surface area contributed by atoms with E-state index < -0.39 is 0 Å². The number of aliphatic hydroxyl groups is 1. The van der Waals surface area contributed by atoms with Crippen molar-refractivity contribution in [2.24, 2.45) is 0 Å². The molecule has 1 unspecified atom stereocenters. The van der Waals surface area contributed by atoms with Crippen LogP contribution >= 0.6 is 0 Å². The first-order chi connectivity index (χ1) is 9.94. The molecule has 21 heavy (non-hydrogen) atoms. The van der Waals surface area contributed by atoms with E-state index in [0.29, 0.717) is 24.0 Å². The largest absolute Gasteiger partial charge is 0.491 e. The predicted molar refractivity (Wildman–Crippen MR) is 84.2 cm³/mol.